The molecular weight excluding hydrogens is 174 g/mol. The Balaban J connectivity index is 2.41. The van der Waals surface area contributed by atoms with E-state index in [1.54, 1.807) is 0 Å². The van der Waals surface area contributed by atoms with E-state index in [1.807, 2.05) is 30.3 Å². The second-order valence-electron chi connectivity index (χ2n) is 2.34. The lowest BCUT2D eigenvalue weighted by Gasteiger charge is -2.07. The highest BCUT2D eigenvalue weighted by Gasteiger charge is 2.04. The van der Waals surface area contributed by atoms with Crippen LogP contribution in [-0.2, 0) is 11.1 Å². The van der Waals surface area contributed by atoms with Gasteiger partial charge in [0.2, 0.25) is 0 Å². The van der Waals surface area contributed by atoms with E-state index in [1.165, 1.54) is 0 Å². The molecule has 63 valence electrons. The number of hydrogen-bond donors (Lipinski definition) is 1. The van der Waals surface area contributed by atoms with Gasteiger partial charge in [-0.3, -0.25) is 0 Å². The summed E-state index contributed by atoms with van der Waals surface area (Å²) in [5.41, 5.74) is 0.580. The van der Waals surface area contributed by atoms with E-state index < -0.39 is 5.56 Å². The molecule has 12 heavy (non-hydrogen) atoms. The van der Waals surface area contributed by atoms with Crippen LogP contribution in [0.3, 0.4) is 0 Å². The van der Waals surface area contributed by atoms with Crippen molar-refractivity contribution >= 4 is 19.3 Å². The molecule has 1 unspecified atom stereocenters. The van der Waals surface area contributed by atoms with E-state index in [2.05, 4.69) is 4.65 Å². The first kappa shape index (κ1) is 9.58. The first-order valence-corrected chi connectivity index (χ1v) is 4.06. The second kappa shape index (κ2) is 5.20. The zero-order chi connectivity index (χ0) is 8.81. The van der Waals surface area contributed by atoms with Crippen molar-refractivity contribution in [3.8, 4) is 0 Å². The summed E-state index contributed by atoms with van der Waals surface area (Å²) in [5.74, 6) is 0. The van der Waals surface area contributed by atoms with Gasteiger partial charge in [0, 0.05) is 6.42 Å². The number of halogens is 1. The van der Waals surface area contributed by atoms with E-state index in [9.17, 15) is 0 Å². The van der Waals surface area contributed by atoms with E-state index in [0.29, 0.717) is 14.1 Å². The minimum atomic E-state index is -0.502. The molecule has 0 bridgehead atoms. The lowest BCUT2D eigenvalue weighted by molar-refractivity contribution is 0.253. The summed E-state index contributed by atoms with van der Waals surface area (Å²) in [5, 5.41) is 8.28. The molecule has 0 saturated carbocycles. The molecule has 1 atom stereocenters. The van der Waals surface area contributed by atoms with Gasteiger partial charge >= 0.3 is 7.69 Å². The Labute approximate surface area is 77.4 Å². The van der Waals surface area contributed by atoms with Gasteiger partial charge in [0.05, 0.1) is 0 Å². The molecule has 0 spiro atoms. The molecule has 4 heteroatoms. The monoisotopic (exact) mass is 183 g/mol. The molecule has 0 fully saturated rings. The first-order chi connectivity index (χ1) is 5.83. The van der Waals surface area contributed by atoms with Crippen molar-refractivity contribution in [3.05, 3.63) is 35.9 Å². The standard InChI is InChI=1S/C8H9BClO2/c10-8(12-9-11)6-7-4-2-1-3-5-7/h1-5,8,11H,6H2. The van der Waals surface area contributed by atoms with E-state index >= 15 is 0 Å². The minimum absolute atomic E-state index is 0.502. The van der Waals surface area contributed by atoms with Crippen molar-refractivity contribution in [2.24, 2.45) is 0 Å². The summed E-state index contributed by atoms with van der Waals surface area (Å²) in [7, 11) is 0.612. The highest BCUT2D eigenvalue weighted by Crippen LogP contribution is 2.07. The maximum absolute atomic E-state index is 8.28. The van der Waals surface area contributed by atoms with Crippen LogP contribution in [0.25, 0.3) is 0 Å². The molecular formula is C8H9BClO2. The lowest BCUT2D eigenvalue weighted by atomic mass is 10.2. The quantitative estimate of drug-likeness (QED) is 0.564. The zero-order valence-electron chi connectivity index (χ0n) is 6.48. The molecule has 0 aliphatic heterocycles. The van der Waals surface area contributed by atoms with E-state index in [0.717, 1.165) is 5.56 Å². The third kappa shape index (κ3) is 3.26. The molecule has 0 heterocycles. The Morgan fingerprint density at radius 3 is 2.67 bits per heavy atom. The maximum Gasteiger partial charge on any atom is 0.486 e. The van der Waals surface area contributed by atoms with Gasteiger partial charge in [-0.1, -0.05) is 41.9 Å². The molecule has 1 radical (unpaired) electrons. The van der Waals surface area contributed by atoms with Gasteiger partial charge in [0.15, 0.2) is 0 Å². The van der Waals surface area contributed by atoms with Crippen LogP contribution in [0.5, 0.6) is 0 Å². The van der Waals surface area contributed by atoms with Crippen molar-refractivity contribution < 1.29 is 9.68 Å². The molecule has 0 saturated heterocycles. The van der Waals surface area contributed by atoms with Gasteiger partial charge in [-0.15, -0.1) is 0 Å². The molecule has 1 N–H and O–H groups in total. The molecule has 1 rings (SSSR count). The molecule has 2 nitrogen and oxygen atoms in total. The molecule has 1 aromatic rings. The Morgan fingerprint density at radius 1 is 1.42 bits per heavy atom. The number of alkyl halides is 1. The van der Waals surface area contributed by atoms with Crippen molar-refractivity contribution in [1.29, 1.82) is 0 Å². The first-order valence-electron chi connectivity index (χ1n) is 3.62. The van der Waals surface area contributed by atoms with Crippen LogP contribution >= 0.6 is 11.6 Å². The van der Waals surface area contributed by atoms with Crippen LogP contribution in [0.15, 0.2) is 30.3 Å². The fourth-order valence-corrected chi connectivity index (χ4v) is 1.14. The average molecular weight is 183 g/mol. The lowest BCUT2D eigenvalue weighted by Crippen LogP contribution is -2.11. The summed E-state index contributed by atoms with van der Waals surface area (Å²) in [4.78, 5) is 0. The summed E-state index contributed by atoms with van der Waals surface area (Å²) in [6, 6.07) is 9.71. The number of benzene rings is 1. The average Bonchev–Trinajstić information content (AvgIpc) is 2.06. The number of hydrogen-bond acceptors (Lipinski definition) is 2. The van der Waals surface area contributed by atoms with Gasteiger partial charge in [-0.05, 0) is 5.56 Å². The van der Waals surface area contributed by atoms with Crippen LogP contribution in [0.1, 0.15) is 5.56 Å². The Bertz CT molecular complexity index is 218. The number of rotatable bonds is 4. The SMILES string of the molecule is O[B]OC(Cl)Cc1ccccc1. The third-order valence-electron chi connectivity index (χ3n) is 1.45. The molecule has 0 amide bonds. The molecule has 0 aliphatic carbocycles. The van der Waals surface area contributed by atoms with Gasteiger partial charge in [-0.2, -0.15) is 0 Å². The normalized spacial score (nSPS) is 12.5. The summed E-state index contributed by atoms with van der Waals surface area (Å²) >= 11 is 5.70. The van der Waals surface area contributed by atoms with E-state index in [4.69, 9.17) is 16.6 Å². The van der Waals surface area contributed by atoms with Crippen LogP contribution < -0.4 is 0 Å². The predicted octanol–water partition coefficient (Wildman–Crippen LogP) is 1.34. The van der Waals surface area contributed by atoms with Crippen LogP contribution in [0.2, 0.25) is 0 Å². The molecule has 0 aliphatic rings. The van der Waals surface area contributed by atoms with Gasteiger partial charge in [0.25, 0.3) is 0 Å². The minimum Gasteiger partial charge on any atom is -0.429 e. The third-order valence-corrected chi connectivity index (χ3v) is 1.70. The molecule has 0 aromatic heterocycles. The Kier molecular flexibility index (Phi) is 4.15. The van der Waals surface area contributed by atoms with Crippen LogP contribution in [-0.4, -0.2) is 18.3 Å². The summed E-state index contributed by atoms with van der Waals surface area (Å²) in [6.45, 7) is 0. The molecule has 1 aromatic carbocycles. The van der Waals surface area contributed by atoms with Gasteiger partial charge in [-0.25, -0.2) is 0 Å². The van der Waals surface area contributed by atoms with Gasteiger partial charge < -0.3 is 9.68 Å². The van der Waals surface area contributed by atoms with Crippen LogP contribution in [0, 0.1) is 0 Å². The van der Waals surface area contributed by atoms with Crippen molar-refractivity contribution in [2.75, 3.05) is 0 Å². The second-order valence-corrected chi connectivity index (χ2v) is 2.83. The van der Waals surface area contributed by atoms with Crippen LogP contribution in [0.4, 0.5) is 0 Å². The van der Waals surface area contributed by atoms with Crippen molar-refractivity contribution in [3.63, 3.8) is 0 Å². The van der Waals surface area contributed by atoms with Crippen molar-refractivity contribution in [2.45, 2.75) is 12.0 Å². The highest BCUT2D eigenvalue weighted by atomic mass is 35.5. The highest BCUT2D eigenvalue weighted by molar-refractivity contribution is 6.24. The fraction of sp³-hybridized carbons (Fsp3) is 0.250. The fourth-order valence-electron chi connectivity index (χ4n) is 0.914. The maximum atomic E-state index is 8.28. The summed E-state index contributed by atoms with van der Waals surface area (Å²) < 4.78 is 4.64. The smallest absolute Gasteiger partial charge is 0.429 e. The van der Waals surface area contributed by atoms with Crippen molar-refractivity contribution in [1.82, 2.24) is 0 Å². The largest absolute Gasteiger partial charge is 0.486 e. The summed E-state index contributed by atoms with van der Waals surface area (Å²) in [6.07, 6.45) is 0.583. The van der Waals surface area contributed by atoms with E-state index in [-0.39, 0.29) is 0 Å². The Hall–Kier alpha value is -0.505. The topological polar surface area (TPSA) is 29.5 Å². The zero-order valence-corrected chi connectivity index (χ0v) is 7.24. The van der Waals surface area contributed by atoms with Gasteiger partial charge in [0.1, 0.15) is 5.56 Å². The Morgan fingerprint density at radius 2 is 2.08 bits per heavy atom. The predicted molar refractivity (Wildman–Crippen MR) is 48.8 cm³/mol.